The molecule has 0 unspecified atom stereocenters. The van der Waals surface area contributed by atoms with Crippen molar-refractivity contribution in [1.29, 1.82) is 0 Å². The van der Waals surface area contributed by atoms with Gasteiger partial charge in [-0.05, 0) is 12.1 Å². The number of carbonyl (C=O) groups excluding carboxylic acids is 1. The van der Waals surface area contributed by atoms with Crippen LogP contribution in [0, 0.1) is 0 Å². The van der Waals surface area contributed by atoms with Crippen molar-refractivity contribution in [3.63, 3.8) is 0 Å². The van der Waals surface area contributed by atoms with Crippen molar-refractivity contribution in [2.24, 2.45) is 0 Å². The lowest BCUT2D eigenvalue weighted by Gasteiger charge is -1.91. The summed E-state index contributed by atoms with van der Waals surface area (Å²) in [5, 5.41) is 0. The second kappa shape index (κ2) is 3.02. The van der Waals surface area contributed by atoms with E-state index in [1.165, 1.54) is 13.2 Å². The molecule has 0 radical (unpaired) electrons. The summed E-state index contributed by atoms with van der Waals surface area (Å²) in [5.74, 6) is -0.456. The van der Waals surface area contributed by atoms with Crippen LogP contribution >= 0.6 is 0 Å². The Hall–Kier alpha value is -2.04. The standard InChI is InChI=1S/C9H8N2O3/c1-14-9(13)7-4-6-5(10-7)2-3-8(12)11-6/h2-4,10H,1H3,(H,11,12). The normalized spacial score (nSPS) is 10.4. The lowest BCUT2D eigenvalue weighted by Crippen LogP contribution is -2.00. The van der Waals surface area contributed by atoms with E-state index in [4.69, 9.17) is 0 Å². The van der Waals surface area contributed by atoms with Gasteiger partial charge in [-0.25, -0.2) is 4.79 Å². The van der Waals surface area contributed by atoms with Gasteiger partial charge in [-0.1, -0.05) is 0 Å². The van der Waals surface area contributed by atoms with Gasteiger partial charge in [0.15, 0.2) is 0 Å². The Bertz CT molecular complexity index is 538. The second-order valence-electron chi connectivity index (χ2n) is 2.82. The van der Waals surface area contributed by atoms with Crippen LogP contribution in [0.4, 0.5) is 0 Å². The van der Waals surface area contributed by atoms with Crippen molar-refractivity contribution in [2.75, 3.05) is 7.11 Å². The van der Waals surface area contributed by atoms with E-state index in [2.05, 4.69) is 14.7 Å². The van der Waals surface area contributed by atoms with Crippen molar-refractivity contribution in [2.45, 2.75) is 0 Å². The molecule has 0 fully saturated rings. The Morgan fingerprint density at radius 3 is 2.79 bits per heavy atom. The largest absolute Gasteiger partial charge is 0.464 e. The molecule has 5 heteroatoms. The highest BCUT2D eigenvalue weighted by Crippen LogP contribution is 2.10. The maximum absolute atomic E-state index is 11.1. The molecule has 0 spiro atoms. The minimum Gasteiger partial charge on any atom is -0.464 e. The zero-order valence-electron chi connectivity index (χ0n) is 7.46. The summed E-state index contributed by atoms with van der Waals surface area (Å²) >= 11 is 0. The number of carbonyl (C=O) groups is 1. The van der Waals surface area contributed by atoms with Crippen molar-refractivity contribution in [3.8, 4) is 0 Å². The number of esters is 1. The van der Waals surface area contributed by atoms with Gasteiger partial charge in [0.05, 0.1) is 18.1 Å². The van der Waals surface area contributed by atoms with Crippen LogP contribution < -0.4 is 5.56 Å². The van der Waals surface area contributed by atoms with Crippen molar-refractivity contribution in [1.82, 2.24) is 9.97 Å². The summed E-state index contributed by atoms with van der Waals surface area (Å²) in [6.45, 7) is 0. The molecule has 0 atom stereocenters. The van der Waals surface area contributed by atoms with Crippen LogP contribution in [0.1, 0.15) is 10.5 Å². The lowest BCUT2D eigenvalue weighted by molar-refractivity contribution is 0.0595. The third-order valence-electron chi connectivity index (χ3n) is 1.91. The van der Waals surface area contributed by atoms with Gasteiger partial charge in [0, 0.05) is 6.07 Å². The molecule has 0 aliphatic heterocycles. The van der Waals surface area contributed by atoms with Crippen molar-refractivity contribution in [3.05, 3.63) is 34.2 Å². The van der Waals surface area contributed by atoms with Gasteiger partial charge in [0.25, 0.3) is 0 Å². The number of aromatic amines is 2. The number of ether oxygens (including phenoxy) is 1. The predicted molar refractivity (Wildman–Crippen MR) is 50.3 cm³/mol. The van der Waals surface area contributed by atoms with E-state index in [-0.39, 0.29) is 5.56 Å². The Morgan fingerprint density at radius 1 is 1.29 bits per heavy atom. The van der Waals surface area contributed by atoms with E-state index in [1.807, 2.05) is 0 Å². The average Bonchev–Trinajstić information content (AvgIpc) is 2.59. The highest BCUT2D eigenvalue weighted by atomic mass is 16.5. The van der Waals surface area contributed by atoms with Crippen molar-refractivity contribution >= 4 is 17.0 Å². The number of fused-ring (bicyclic) bond motifs is 1. The molecule has 0 aliphatic carbocycles. The number of hydrogen-bond acceptors (Lipinski definition) is 3. The van der Waals surface area contributed by atoms with Crippen LogP contribution in [0.25, 0.3) is 11.0 Å². The third-order valence-corrected chi connectivity index (χ3v) is 1.91. The highest BCUT2D eigenvalue weighted by Gasteiger charge is 2.08. The molecule has 14 heavy (non-hydrogen) atoms. The van der Waals surface area contributed by atoms with Crippen LogP contribution in [0.2, 0.25) is 0 Å². The number of nitrogens with one attached hydrogen (secondary N) is 2. The number of rotatable bonds is 1. The molecule has 0 aliphatic rings. The first-order valence-corrected chi connectivity index (χ1v) is 4.01. The zero-order chi connectivity index (χ0) is 10.1. The summed E-state index contributed by atoms with van der Waals surface area (Å²) in [6.07, 6.45) is 0. The van der Waals surface area contributed by atoms with Gasteiger partial charge in [-0.3, -0.25) is 4.79 Å². The van der Waals surface area contributed by atoms with E-state index in [1.54, 1.807) is 12.1 Å². The van der Waals surface area contributed by atoms with Gasteiger partial charge in [0.1, 0.15) is 5.69 Å². The molecule has 2 heterocycles. The Balaban J connectivity index is 2.62. The zero-order valence-corrected chi connectivity index (χ0v) is 7.46. The molecular formula is C9H8N2O3. The smallest absolute Gasteiger partial charge is 0.354 e. The van der Waals surface area contributed by atoms with Crippen LogP contribution in [-0.4, -0.2) is 23.0 Å². The topological polar surface area (TPSA) is 75.0 Å². The fraction of sp³-hybridized carbons (Fsp3) is 0.111. The van der Waals surface area contributed by atoms with Crippen LogP contribution in [0.3, 0.4) is 0 Å². The van der Waals surface area contributed by atoms with Gasteiger partial charge in [-0.15, -0.1) is 0 Å². The molecular weight excluding hydrogens is 184 g/mol. The Morgan fingerprint density at radius 2 is 2.07 bits per heavy atom. The summed E-state index contributed by atoms with van der Waals surface area (Å²) in [5.41, 5.74) is 1.42. The molecule has 72 valence electrons. The maximum Gasteiger partial charge on any atom is 0.354 e. The monoisotopic (exact) mass is 192 g/mol. The summed E-state index contributed by atoms with van der Waals surface area (Å²) in [4.78, 5) is 27.5. The van der Waals surface area contributed by atoms with Crippen molar-refractivity contribution < 1.29 is 9.53 Å². The van der Waals surface area contributed by atoms with Crippen LogP contribution in [-0.2, 0) is 4.74 Å². The number of methoxy groups -OCH3 is 1. The molecule has 0 saturated carbocycles. The first kappa shape index (κ1) is 8.55. The summed E-state index contributed by atoms with van der Waals surface area (Å²) in [7, 11) is 1.30. The van der Waals surface area contributed by atoms with E-state index >= 15 is 0 Å². The molecule has 0 amide bonds. The van der Waals surface area contributed by atoms with E-state index in [0.29, 0.717) is 16.7 Å². The average molecular weight is 192 g/mol. The molecule has 5 nitrogen and oxygen atoms in total. The predicted octanol–water partition coefficient (Wildman–Crippen LogP) is 0.643. The van der Waals surface area contributed by atoms with Crippen LogP contribution in [0.15, 0.2) is 23.0 Å². The molecule has 0 bridgehead atoms. The van der Waals surface area contributed by atoms with E-state index < -0.39 is 5.97 Å². The molecule has 2 rings (SSSR count). The fourth-order valence-electron chi connectivity index (χ4n) is 1.26. The molecule has 2 aromatic heterocycles. The second-order valence-corrected chi connectivity index (χ2v) is 2.82. The van der Waals surface area contributed by atoms with Gasteiger partial charge in [-0.2, -0.15) is 0 Å². The minimum absolute atomic E-state index is 0.201. The van der Waals surface area contributed by atoms with Gasteiger partial charge >= 0.3 is 5.97 Å². The van der Waals surface area contributed by atoms with Gasteiger partial charge in [0.2, 0.25) is 5.56 Å². The van der Waals surface area contributed by atoms with Gasteiger partial charge < -0.3 is 14.7 Å². The maximum atomic E-state index is 11.1. The number of hydrogen-bond donors (Lipinski definition) is 2. The molecule has 0 aromatic carbocycles. The first-order valence-electron chi connectivity index (χ1n) is 4.01. The number of aromatic nitrogens is 2. The SMILES string of the molecule is COC(=O)c1cc2[nH]c(=O)ccc2[nH]1. The van der Waals surface area contributed by atoms with E-state index in [0.717, 1.165) is 0 Å². The fourth-order valence-corrected chi connectivity index (χ4v) is 1.26. The number of H-pyrrole nitrogens is 2. The first-order chi connectivity index (χ1) is 6.70. The van der Waals surface area contributed by atoms with Crippen LogP contribution in [0.5, 0.6) is 0 Å². The minimum atomic E-state index is -0.456. The summed E-state index contributed by atoms with van der Waals surface area (Å²) < 4.78 is 4.53. The lowest BCUT2D eigenvalue weighted by atomic mass is 10.4. The molecule has 0 saturated heterocycles. The molecule has 2 aromatic rings. The Labute approximate surface area is 78.7 Å². The number of pyridine rings is 1. The van der Waals surface area contributed by atoms with E-state index in [9.17, 15) is 9.59 Å². The Kier molecular flexibility index (Phi) is 1.85. The molecule has 2 N–H and O–H groups in total. The highest BCUT2D eigenvalue weighted by molar-refractivity contribution is 5.93. The quantitative estimate of drug-likeness (QED) is 0.651. The summed E-state index contributed by atoms with van der Waals surface area (Å²) in [6, 6.07) is 4.54. The third kappa shape index (κ3) is 1.28.